The first kappa shape index (κ1) is 9.99. The van der Waals surface area contributed by atoms with Gasteiger partial charge in [-0.3, -0.25) is 0 Å². The lowest BCUT2D eigenvalue weighted by Gasteiger charge is -2.35. The van der Waals surface area contributed by atoms with Crippen LogP contribution < -0.4 is 10.1 Å². The third-order valence-corrected chi connectivity index (χ3v) is 3.27. The van der Waals surface area contributed by atoms with Crippen LogP contribution >= 0.6 is 15.9 Å². The lowest BCUT2D eigenvalue weighted by atomic mass is 9.92. The Labute approximate surface area is 92.8 Å². The molecule has 1 aliphatic rings. The van der Waals surface area contributed by atoms with E-state index >= 15 is 0 Å². The van der Waals surface area contributed by atoms with Crippen molar-refractivity contribution in [2.24, 2.45) is 0 Å². The molecule has 0 amide bonds. The SMILES string of the molecule is COc1ccc(C2CC(C)N2)cc1Br. The molecule has 14 heavy (non-hydrogen) atoms. The molecule has 76 valence electrons. The van der Waals surface area contributed by atoms with Crippen LogP contribution in [0.25, 0.3) is 0 Å². The second kappa shape index (κ2) is 3.91. The summed E-state index contributed by atoms with van der Waals surface area (Å²) in [7, 11) is 1.68. The summed E-state index contributed by atoms with van der Waals surface area (Å²) in [6, 6.07) is 7.42. The van der Waals surface area contributed by atoms with Gasteiger partial charge in [0.2, 0.25) is 0 Å². The molecule has 1 saturated heterocycles. The van der Waals surface area contributed by atoms with Crippen molar-refractivity contribution in [2.75, 3.05) is 7.11 Å². The van der Waals surface area contributed by atoms with Crippen molar-refractivity contribution in [3.8, 4) is 5.75 Å². The number of methoxy groups -OCH3 is 1. The molecule has 0 aromatic heterocycles. The molecule has 3 heteroatoms. The van der Waals surface area contributed by atoms with Gasteiger partial charge in [-0.25, -0.2) is 0 Å². The molecule has 1 heterocycles. The molecule has 1 aromatic carbocycles. The predicted octanol–water partition coefficient (Wildman–Crippen LogP) is 2.88. The first-order valence-electron chi connectivity index (χ1n) is 4.80. The van der Waals surface area contributed by atoms with Gasteiger partial charge in [-0.2, -0.15) is 0 Å². The Balaban J connectivity index is 2.16. The van der Waals surface area contributed by atoms with Gasteiger partial charge in [-0.05, 0) is 47.0 Å². The van der Waals surface area contributed by atoms with Gasteiger partial charge in [0.1, 0.15) is 5.75 Å². The van der Waals surface area contributed by atoms with Crippen molar-refractivity contribution in [3.05, 3.63) is 28.2 Å². The van der Waals surface area contributed by atoms with Gasteiger partial charge in [-0.15, -0.1) is 0 Å². The van der Waals surface area contributed by atoms with Gasteiger partial charge in [0, 0.05) is 12.1 Å². The van der Waals surface area contributed by atoms with Gasteiger partial charge in [-0.1, -0.05) is 6.07 Å². The van der Waals surface area contributed by atoms with Crippen LogP contribution in [0.3, 0.4) is 0 Å². The van der Waals surface area contributed by atoms with Crippen molar-refractivity contribution in [2.45, 2.75) is 25.4 Å². The van der Waals surface area contributed by atoms with Crippen molar-refractivity contribution >= 4 is 15.9 Å². The van der Waals surface area contributed by atoms with E-state index in [1.165, 1.54) is 12.0 Å². The van der Waals surface area contributed by atoms with E-state index in [1.54, 1.807) is 7.11 Å². The number of ether oxygens (including phenoxy) is 1. The van der Waals surface area contributed by atoms with E-state index in [1.807, 2.05) is 6.07 Å². The van der Waals surface area contributed by atoms with Crippen LogP contribution in [0.5, 0.6) is 5.75 Å². The van der Waals surface area contributed by atoms with Gasteiger partial charge in [0.05, 0.1) is 11.6 Å². The maximum Gasteiger partial charge on any atom is 0.133 e. The minimum absolute atomic E-state index is 0.521. The zero-order chi connectivity index (χ0) is 10.1. The molecule has 2 nitrogen and oxygen atoms in total. The van der Waals surface area contributed by atoms with Crippen LogP contribution in [0, 0.1) is 0 Å². The summed E-state index contributed by atoms with van der Waals surface area (Å²) in [6.07, 6.45) is 1.22. The van der Waals surface area contributed by atoms with Crippen LogP contribution in [0.1, 0.15) is 24.9 Å². The molecule has 1 fully saturated rings. The maximum absolute atomic E-state index is 5.19. The smallest absolute Gasteiger partial charge is 0.133 e. The molecule has 2 unspecified atom stereocenters. The third kappa shape index (κ3) is 1.79. The van der Waals surface area contributed by atoms with E-state index in [9.17, 15) is 0 Å². The van der Waals surface area contributed by atoms with Crippen molar-refractivity contribution in [3.63, 3.8) is 0 Å². The summed E-state index contributed by atoms with van der Waals surface area (Å²) in [5.74, 6) is 0.890. The average Bonchev–Trinajstić information content (AvgIpc) is 2.13. The summed E-state index contributed by atoms with van der Waals surface area (Å²) < 4.78 is 6.21. The van der Waals surface area contributed by atoms with Crippen LogP contribution in [-0.4, -0.2) is 13.2 Å². The second-order valence-electron chi connectivity index (χ2n) is 3.75. The van der Waals surface area contributed by atoms with Crippen LogP contribution in [0.15, 0.2) is 22.7 Å². The zero-order valence-electron chi connectivity index (χ0n) is 8.38. The molecule has 0 aliphatic carbocycles. The standard InChI is InChI=1S/C11H14BrNO/c1-7-5-10(13-7)8-3-4-11(14-2)9(12)6-8/h3-4,6-7,10,13H,5H2,1-2H3. The van der Waals surface area contributed by atoms with Crippen molar-refractivity contribution in [1.82, 2.24) is 5.32 Å². The molecule has 0 saturated carbocycles. The number of benzene rings is 1. The van der Waals surface area contributed by atoms with E-state index in [0.717, 1.165) is 10.2 Å². The normalized spacial score (nSPS) is 25.6. The Kier molecular flexibility index (Phi) is 2.79. The Morgan fingerprint density at radius 3 is 2.71 bits per heavy atom. The lowest BCUT2D eigenvalue weighted by Crippen LogP contribution is -2.43. The highest BCUT2D eigenvalue weighted by Gasteiger charge is 2.25. The molecule has 1 N–H and O–H groups in total. The molecule has 0 bridgehead atoms. The summed E-state index contributed by atoms with van der Waals surface area (Å²) in [5, 5.41) is 3.46. The maximum atomic E-state index is 5.19. The first-order chi connectivity index (χ1) is 6.70. The fourth-order valence-electron chi connectivity index (χ4n) is 1.80. The topological polar surface area (TPSA) is 21.3 Å². The summed E-state index contributed by atoms with van der Waals surface area (Å²) in [6.45, 7) is 2.20. The summed E-state index contributed by atoms with van der Waals surface area (Å²) in [4.78, 5) is 0. The molecule has 2 rings (SSSR count). The molecule has 0 spiro atoms. The van der Waals surface area contributed by atoms with E-state index in [2.05, 4.69) is 40.3 Å². The number of rotatable bonds is 2. The van der Waals surface area contributed by atoms with Crippen molar-refractivity contribution < 1.29 is 4.74 Å². The van der Waals surface area contributed by atoms with Gasteiger partial charge < -0.3 is 10.1 Å². The van der Waals surface area contributed by atoms with E-state index < -0.39 is 0 Å². The fraction of sp³-hybridized carbons (Fsp3) is 0.455. The van der Waals surface area contributed by atoms with Crippen LogP contribution in [0.2, 0.25) is 0 Å². The highest BCUT2D eigenvalue weighted by Crippen LogP contribution is 2.32. The van der Waals surface area contributed by atoms with E-state index in [-0.39, 0.29) is 0 Å². The number of halogens is 1. The Morgan fingerprint density at radius 2 is 2.21 bits per heavy atom. The molecule has 1 aliphatic heterocycles. The van der Waals surface area contributed by atoms with Gasteiger partial charge >= 0.3 is 0 Å². The molecular formula is C11H14BrNO. The number of hydrogen-bond acceptors (Lipinski definition) is 2. The van der Waals surface area contributed by atoms with Crippen LogP contribution in [0.4, 0.5) is 0 Å². The fourth-order valence-corrected chi connectivity index (χ4v) is 2.36. The zero-order valence-corrected chi connectivity index (χ0v) is 9.97. The Bertz CT molecular complexity index is 334. The monoisotopic (exact) mass is 255 g/mol. The predicted molar refractivity (Wildman–Crippen MR) is 60.6 cm³/mol. The minimum Gasteiger partial charge on any atom is -0.496 e. The van der Waals surface area contributed by atoms with E-state index in [4.69, 9.17) is 4.74 Å². The van der Waals surface area contributed by atoms with Crippen molar-refractivity contribution in [1.29, 1.82) is 0 Å². The molecule has 1 aromatic rings. The van der Waals surface area contributed by atoms with E-state index in [0.29, 0.717) is 12.1 Å². The van der Waals surface area contributed by atoms with Gasteiger partial charge in [0.25, 0.3) is 0 Å². The molecular weight excluding hydrogens is 242 g/mol. The second-order valence-corrected chi connectivity index (χ2v) is 4.60. The molecule has 0 radical (unpaired) electrons. The molecule has 2 atom stereocenters. The summed E-state index contributed by atoms with van der Waals surface area (Å²) >= 11 is 3.49. The quantitative estimate of drug-likeness (QED) is 0.878. The largest absolute Gasteiger partial charge is 0.496 e. The van der Waals surface area contributed by atoms with Gasteiger partial charge in [0.15, 0.2) is 0 Å². The number of nitrogens with one attached hydrogen (secondary N) is 1. The first-order valence-corrected chi connectivity index (χ1v) is 5.59. The Hall–Kier alpha value is -0.540. The Morgan fingerprint density at radius 1 is 1.50 bits per heavy atom. The van der Waals surface area contributed by atoms with Crippen LogP contribution in [-0.2, 0) is 0 Å². The highest BCUT2D eigenvalue weighted by atomic mass is 79.9. The third-order valence-electron chi connectivity index (χ3n) is 2.65. The minimum atomic E-state index is 0.521. The highest BCUT2D eigenvalue weighted by molar-refractivity contribution is 9.10. The number of hydrogen-bond donors (Lipinski definition) is 1. The lowest BCUT2D eigenvalue weighted by molar-refractivity contribution is 0.287. The average molecular weight is 256 g/mol. The summed E-state index contributed by atoms with van der Waals surface area (Å²) in [5.41, 5.74) is 1.33.